The summed E-state index contributed by atoms with van der Waals surface area (Å²) in [4.78, 5) is 5.14. The molecule has 0 radical (unpaired) electrons. The number of thiophene rings is 1. The van der Waals surface area contributed by atoms with E-state index >= 15 is 0 Å². The minimum absolute atomic E-state index is 0.208. The van der Waals surface area contributed by atoms with Gasteiger partial charge in [0.05, 0.1) is 11.1 Å². The summed E-state index contributed by atoms with van der Waals surface area (Å²) in [6.07, 6.45) is 0. The molecule has 2 aliphatic carbocycles. The molecule has 0 atom stereocenters. The monoisotopic (exact) mass is 889 g/mol. The standard InChI is InChI=1S/C64H43NS2/c1-63(2)54-27-16-28-56(62(54)48-34-31-42(37-55(48)63)40-17-5-3-6-18-40)65(43-33-36-57-49(38-43)61-45(23-15-30-59(61)66-57)41-19-7-4-8-20-41)44-32-35-53-60(39-44)67-58-29-14-13-26-52(58)64(53)50-24-11-9-21-46(50)47-22-10-12-25-51(47)64/h3-39H,1-2H3. The van der Waals surface area contributed by atoms with E-state index in [1.165, 1.54) is 114 Å². The van der Waals surface area contributed by atoms with Gasteiger partial charge in [-0.15, -0.1) is 11.3 Å². The van der Waals surface area contributed by atoms with Crippen LogP contribution < -0.4 is 4.90 Å². The molecule has 0 saturated carbocycles. The van der Waals surface area contributed by atoms with Crippen molar-refractivity contribution in [2.45, 2.75) is 34.5 Å². The minimum Gasteiger partial charge on any atom is -0.310 e. The van der Waals surface area contributed by atoms with Crippen molar-refractivity contribution in [2.24, 2.45) is 0 Å². The molecule has 3 heteroatoms. The first-order chi connectivity index (χ1) is 33.0. The number of anilines is 3. The zero-order valence-corrected chi connectivity index (χ0v) is 38.8. The third kappa shape index (κ3) is 5.50. The molecule has 2 heterocycles. The average Bonchev–Trinajstić information content (AvgIpc) is 3.98. The molecule has 1 spiro atoms. The van der Waals surface area contributed by atoms with Crippen LogP contribution in [0.4, 0.5) is 17.1 Å². The van der Waals surface area contributed by atoms with E-state index in [2.05, 4.69) is 243 Å². The Labute approximate surface area is 399 Å². The Balaban J connectivity index is 1.03. The van der Waals surface area contributed by atoms with Crippen LogP contribution in [0.2, 0.25) is 0 Å². The van der Waals surface area contributed by atoms with Gasteiger partial charge >= 0.3 is 0 Å². The van der Waals surface area contributed by atoms with Gasteiger partial charge in [0.1, 0.15) is 0 Å². The fraction of sp³-hybridized carbons (Fsp3) is 0.0625. The summed E-state index contributed by atoms with van der Waals surface area (Å²) < 4.78 is 2.59. The minimum atomic E-state index is -0.441. The fourth-order valence-electron chi connectivity index (χ4n) is 12.0. The van der Waals surface area contributed by atoms with Crippen LogP contribution in [-0.4, -0.2) is 0 Å². The normalized spacial score (nSPS) is 14.3. The van der Waals surface area contributed by atoms with Crippen LogP contribution in [0.5, 0.6) is 0 Å². The van der Waals surface area contributed by atoms with Crippen LogP contribution in [-0.2, 0) is 10.8 Å². The van der Waals surface area contributed by atoms with E-state index < -0.39 is 5.41 Å². The number of fused-ring (bicyclic) bond motifs is 15. The Morgan fingerprint density at radius 3 is 1.76 bits per heavy atom. The topological polar surface area (TPSA) is 3.24 Å². The number of rotatable bonds is 5. The Morgan fingerprint density at radius 2 is 0.985 bits per heavy atom. The lowest BCUT2D eigenvalue weighted by Crippen LogP contribution is -2.32. The second-order valence-electron chi connectivity index (χ2n) is 18.7. The van der Waals surface area contributed by atoms with Crippen LogP contribution in [0, 0.1) is 0 Å². The van der Waals surface area contributed by atoms with E-state index in [1.54, 1.807) is 0 Å². The summed E-state index contributed by atoms with van der Waals surface area (Å²) in [5.74, 6) is 0. The van der Waals surface area contributed by atoms with Crippen LogP contribution in [0.25, 0.3) is 64.7 Å². The Kier molecular flexibility index (Phi) is 8.42. The Hall–Kier alpha value is -7.43. The molecule has 67 heavy (non-hydrogen) atoms. The largest absolute Gasteiger partial charge is 0.310 e. The zero-order valence-electron chi connectivity index (χ0n) is 37.1. The van der Waals surface area contributed by atoms with Gasteiger partial charge in [-0.2, -0.15) is 0 Å². The SMILES string of the molecule is CC1(C)c2cc(-c3ccccc3)ccc2-c2c(N(c3ccc4c(c3)Sc3ccccc3C43c4ccccc4-c4ccccc43)c3ccc4sc5cccc(-c6ccccc6)c5c4c3)cccc21. The van der Waals surface area contributed by atoms with E-state index in [-0.39, 0.29) is 5.41 Å². The molecule has 10 aromatic carbocycles. The summed E-state index contributed by atoms with van der Waals surface area (Å²) in [5.41, 5.74) is 21.2. The maximum atomic E-state index is 2.56. The van der Waals surface area contributed by atoms with Crippen LogP contribution in [0.15, 0.2) is 234 Å². The molecule has 3 aliphatic rings. The Bertz CT molecular complexity index is 3780. The fourth-order valence-corrected chi connectivity index (χ4v) is 14.3. The lowest BCUT2D eigenvalue weighted by Gasteiger charge is -2.40. The van der Waals surface area contributed by atoms with Crippen molar-refractivity contribution >= 4 is 60.3 Å². The van der Waals surface area contributed by atoms with Crippen LogP contribution in [0.3, 0.4) is 0 Å². The summed E-state index contributed by atoms with van der Waals surface area (Å²) >= 11 is 3.79. The lowest BCUT2D eigenvalue weighted by atomic mass is 9.67. The van der Waals surface area contributed by atoms with Gasteiger partial charge in [0.15, 0.2) is 0 Å². The van der Waals surface area contributed by atoms with Gasteiger partial charge in [-0.05, 0) is 127 Å². The van der Waals surface area contributed by atoms with Gasteiger partial charge in [0, 0.05) is 52.3 Å². The number of nitrogens with zero attached hydrogens (tertiary/aromatic N) is 1. The third-order valence-corrected chi connectivity index (χ3v) is 17.2. The molecular formula is C64H43NS2. The number of benzene rings is 10. The predicted molar refractivity (Wildman–Crippen MR) is 284 cm³/mol. The van der Waals surface area contributed by atoms with E-state index in [9.17, 15) is 0 Å². The van der Waals surface area contributed by atoms with Crippen molar-refractivity contribution in [3.8, 4) is 44.5 Å². The molecule has 316 valence electrons. The molecule has 0 fully saturated rings. The zero-order chi connectivity index (χ0) is 44.4. The molecule has 1 aliphatic heterocycles. The molecule has 0 unspecified atom stereocenters. The molecule has 1 nitrogen and oxygen atoms in total. The average molecular weight is 890 g/mol. The summed E-state index contributed by atoms with van der Waals surface area (Å²) in [6, 6.07) is 84.4. The van der Waals surface area contributed by atoms with Crippen molar-refractivity contribution in [2.75, 3.05) is 4.90 Å². The molecule has 11 aromatic rings. The highest BCUT2D eigenvalue weighted by Gasteiger charge is 2.50. The van der Waals surface area contributed by atoms with Gasteiger partial charge in [0.25, 0.3) is 0 Å². The second-order valence-corrected chi connectivity index (χ2v) is 20.9. The number of hydrogen-bond donors (Lipinski definition) is 0. The van der Waals surface area contributed by atoms with Crippen LogP contribution >= 0.6 is 23.1 Å². The molecule has 1 aromatic heterocycles. The molecule has 14 rings (SSSR count). The predicted octanol–water partition coefficient (Wildman–Crippen LogP) is 18.0. The highest BCUT2D eigenvalue weighted by Crippen LogP contribution is 2.63. The quantitative estimate of drug-likeness (QED) is 0.169. The first-order valence-electron chi connectivity index (χ1n) is 23.2. The highest BCUT2D eigenvalue weighted by atomic mass is 32.2. The van der Waals surface area contributed by atoms with Gasteiger partial charge in [0.2, 0.25) is 0 Å². The molecule has 0 bridgehead atoms. The van der Waals surface area contributed by atoms with Crippen molar-refractivity contribution in [1.29, 1.82) is 0 Å². The first kappa shape index (κ1) is 38.8. The van der Waals surface area contributed by atoms with Gasteiger partial charge in [-0.3, -0.25) is 0 Å². The Morgan fingerprint density at radius 1 is 0.373 bits per heavy atom. The van der Waals surface area contributed by atoms with Gasteiger partial charge in [-0.1, -0.05) is 195 Å². The maximum Gasteiger partial charge on any atom is 0.0735 e. The second kappa shape index (κ2) is 14.5. The maximum absolute atomic E-state index is 2.56. The summed E-state index contributed by atoms with van der Waals surface area (Å²) in [5, 5.41) is 2.59. The van der Waals surface area contributed by atoms with Gasteiger partial charge < -0.3 is 4.90 Å². The summed E-state index contributed by atoms with van der Waals surface area (Å²) in [7, 11) is 0. The van der Waals surface area contributed by atoms with E-state index in [1.807, 2.05) is 23.1 Å². The van der Waals surface area contributed by atoms with E-state index in [0.717, 1.165) is 11.4 Å². The lowest BCUT2D eigenvalue weighted by molar-refractivity contribution is 0.660. The van der Waals surface area contributed by atoms with E-state index in [0.29, 0.717) is 0 Å². The smallest absolute Gasteiger partial charge is 0.0735 e. The van der Waals surface area contributed by atoms with Crippen molar-refractivity contribution in [3.63, 3.8) is 0 Å². The van der Waals surface area contributed by atoms with Crippen molar-refractivity contribution < 1.29 is 0 Å². The van der Waals surface area contributed by atoms with E-state index in [4.69, 9.17) is 0 Å². The molecule has 0 N–H and O–H groups in total. The first-order valence-corrected chi connectivity index (χ1v) is 24.9. The number of hydrogen-bond acceptors (Lipinski definition) is 3. The molecule has 0 amide bonds. The van der Waals surface area contributed by atoms with Crippen molar-refractivity contribution in [3.05, 3.63) is 258 Å². The van der Waals surface area contributed by atoms with Gasteiger partial charge in [-0.25, -0.2) is 0 Å². The summed E-state index contributed by atoms with van der Waals surface area (Å²) in [6.45, 7) is 4.80. The molecular weight excluding hydrogens is 847 g/mol. The third-order valence-electron chi connectivity index (χ3n) is 14.9. The van der Waals surface area contributed by atoms with Crippen LogP contribution in [0.1, 0.15) is 47.2 Å². The van der Waals surface area contributed by atoms with Crippen molar-refractivity contribution in [1.82, 2.24) is 0 Å². The highest BCUT2D eigenvalue weighted by molar-refractivity contribution is 7.99. The molecule has 0 saturated heterocycles.